The molecule has 0 aromatic rings. The highest BCUT2D eigenvalue weighted by molar-refractivity contribution is 5.80. The first-order valence-corrected chi connectivity index (χ1v) is 4.59. The average Bonchev–Trinajstić information content (AvgIpc) is 2.12. The first kappa shape index (κ1) is 12.7. The molecule has 0 bridgehead atoms. The van der Waals surface area contributed by atoms with E-state index in [1.807, 2.05) is 0 Å². The normalized spacial score (nSPS) is 11.9. The fourth-order valence-electron chi connectivity index (χ4n) is 0.916. The fraction of sp³-hybridized carbons (Fsp3) is 0.750. The smallest absolute Gasteiger partial charge is 0.248 e. The quantitative estimate of drug-likeness (QED) is 0.239. The highest BCUT2D eigenvalue weighted by atomic mass is 16.3. The number of hydrogen-bond donors (Lipinski definition) is 4. The van der Waals surface area contributed by atoms with Crippen LogP contribution in [-0.4, -0.2) is 36.2 Å². The summed E-state index contributed by atoms with van der Waals surface area (Å²) in [5.74, 6) is -0.324. The van der Waals surface area contributed by atoms with Crippen LogP contribution in [0.1, 0.15) is 19.8 Å². The third kappa shape index (κ3) is 6.24. The zero-order chi connectivity index (χ0) is 11.0. The van der Waals surface area contributed by atoms with Gasteiger partial charge in [0, 0.05) is 13.1 Å². The maximum absolute atomic E-state index is 11.0. The van der Waals surface area contributed by atoms with Crippen LogP contribution in [0, 0.1) is 0 Å². The Kier molecular flexibility index (Phi) is 6.47. The molecule has 0 radical (unpaired) electrons. The number of guanidine groups is 1. The zero-order valence-electron chi connectivity index (χ0n) is 8.36. The topological polar surface area (TPSA) is 114 Å². The summed E-state index contributed by atoms with van der Waals surface area (Å²) in [6, 6.07) is 0. The van der Waals surface area contributed by atoms with Gasteiger partial charge in [0.2, 0.25) is 5.91 Å². The standard InChI is InChI=1S/C8H18N4O2/c1-2-11-7(14)6(13)4-3-5-12-8(9)10/h6,13H,2-5H2,1H3,(H,11,14)(H4,9,10,12). The Labute approximate surface area is 83.4 Å². The van der Waals surface area contributed by atoms with Crippen LogP contribution in [0.3, 0.4) is 0 Å². The summed E-state index contributed by atoms with van der Waals surface area (Å²) in [6.07, 6.45) is -0.0251. The van der Waals surface area contributed by atoms with Gasteiger partial charge < -0.3 is 21.9 Å². The van der Waals surface area contributed by atoms with Gasteiger partial charge in [-0.1, -0.05) is 0 Å². The summed E-state index contributed by atoms with van der Waals surface area (Å²) >= 11 is 0. The van der Waals surface area contributed by atoms with Crippen LogP contribution in [0.15, 0.2) is 4.99 Å². The SMILES string of the molecule is CCNC(=O)C(O)CCCN=C(N)N. The molecule has 0 rings (SSSR count). The van der Waals surface area contributed by atoms with E-state index >= 15 is 0 Å². The van der Waals surface area contributed by atoms with Crippen LogP contribution >= 0.6 is 0 Å². The van der Waals surface area contributed by atoms with Gasteiger partial charge in [-0.15, -0.1) is 0 Å². The number of amides is 1. The monoisotopic (exact) mass is 202 g/mol. The predicted octanol–water partition coefficient (Wildman–Crippen LogP) is -1.46. The van der Waals surface area contributed by atoms with Gasteiger partial charge >= 0.3 is 0 Å². The molecule has 6 heteroatoms. The molecule has 0 fully saturated rings. The summed E-state index contributed by atoms with van der Waals surface area (Å²) < 4.78 is 0. The maximum Gasteiger partial charge on any atom is 0.248 e. The second-order valence-corrected chi connectivity index (χ2v) is 2.86. The van der Waals surface area contributed by atoms with Gasteiger partial charge in [0.1, 0.15) is 6.10 Å². The van der Waals surface area contributed by atoms with Gasteiger partial charge in [0.25, 0.3) is 0 Å². The lowest BCUT2D eigenvalue weighted by Crippen LogP contribution is -2.34. The van der Waals surface area contributed by atoms with Crippen LogP contribution in [0.25, 0.3) is 0 Å². The van der Waals surface area contributed by atoms with Crippen LogP contribution in [0.4, 0.5) is 0 Å². The molecule has 0 saturated heterocycles. The van der Waals surface area contributed by atoms with E-state index in [1.165, 1.54) is 0 Å². The molecule has 0 aliphatic heterocycles. The van der Waals surface area contributed by atoms with Crippen molar-refractivity contribution in [3.63, 3.8) is 0 Å². The van der Waals surface area contributed by atoms with Gasteiger partial charge in [-0.05, 0) is 19.8 Å². The maximum atomic E-state index is 11.0. The molecule has 0 spiro atoms. The van der Waals surface area contributed by atoms with Gasteiger partial charge in [0.15, 0.2) is 5.96 Å². The Balaban J connectivity index is 3.58. The number of hydrogen-bond acceptors (Lipinski definition) is 3. The van der Waals surface area contributed by atoms with Gasteiger partial charge in [-0.3, -0.25) is 9.79 Å². The number of likely N-dealkylation sites (N-methyl/N-ethyl adjacent to an activating group) is 1. The summed E-state index contributed by atoms with van der Waals surface area (Å²) in [4.78, 5) is 14.8. The molecule has 0 aromatic heterocycles. The molecule has 1 atom stereocenters. The van der Waals surface area contributed by atoms with Crippen molar-refractivity contribution in [1.82, 2.24) is 5.32 Å². The van der Waals surface area contributed by atoms with Crippen molar-refractivity contribution in [3.8, 4) is 0 Å². The Morgan fingerprint density at radius 2 is 2.21 bits per heavy atom. The number of aliphatic imine (C=N–C) groups is 1. The number of carbonyl (C=O) groups excluding carboxylic acids is 1. The summed E-state index contributed by atoms with van der Waals surface area (Å²) in [5, 5.41) is 11.8. The number of nitrogens with two attached hydrogens (primary N) is 2. The largest absolute Gasteiger partial charge is 0.383 e. The van der Waals surface area contributed by atoms with Crippen molar-refractivity contribution >= 4 is 11.9 Å². The highest BCUT2D eigenvalue weighted by Gasteiger charge is 2.12. The Morgan fingerprint density at radius 3 is 2.71 bits per heavy atom. The van der Waals surface area contributed by atoms with Gasteiger partial charge in [-0.25, -0.2) is 0 Å². The Morgan fingerprint density at radius 1 is 1.57 bits per heavy atom. The summed E-state index contributed by atoms with van der Waals surface area (Å²) in [5.41, 5.74) is 10.2. The van der Waals surface area contributed by atoms with Crippen molar-refractivity contribution in [1.29, 1.82) is 0 Å². The molecule has 1 amide bonds. The number of carbonyl (C=O) groups is 1. The van der Waals surface area contributed by atoms with Crippen LogP contribution in [0.2, 0.25) is 0 Å². The molecule has 0 aromatic carbocycles. The van der Waals surface area contributed by atoms with E-state index in [0.717, 1.165) is 0 Å². The van der Waals surface area contributed by atoms with Crippen molar-refractivity contribution in [2.24, 2.45) is 16.5 Å². The lowest BCUT2D eigenvalue weighted by atomic mass is 10.2. The molecular weight excluding hydrogens is 184 g/mol. The molecule has 0 aliphatic rings. The molecule has 14 heavy (non-hydrogen) atoms. The van der Waals surface area contributed by atoms with Crippen molar-refractivity contribution in [2.75, 3.05) is 13.1 Å². The molecule has 82 valence electrons. The molecule has 0 aliphatic carbocycles. The predicted molar refractivity (Wildman–Crippen MR) is 54.6 cm³/mol. The third-order valence-electron chi connectivity index (χ3n) is 1.58. The first-order valence-electron chi connectivity index (χ1n) is 4.59. The van der Waals surface area contributed by atoms with E-state index in [2.05, 4.69) is 10.3 Å². The second-order valence-electron chi connectivity index (χ2n) is 2.86. The summed E-state index contributed by atoms with van der Waals surface area (Å²) in [6.45, 7) is 2.74. The van der Waals surface area contributed by atoms with Crippen LogP contribution in [0.5, 0.6) is 0 Å². The van der Waals surface area contributed by atoms with Gasteiger partial charge in [-0.2, -0.15) is 0 Å². The van der Waals surface area contributed by atoms with E-state index < -0.39 is 6.10 Å². The van der Waals surface area contributed by atoms with E-state index in [1.54, 1.807) is 6.92 Å². The lowest BCUT2D eigenvalue weighted by Gasteiger charge is -2.08. The molecule has 6 nitrogen and oxygen atoms in total. The molecule has 0 saturated carbocycles. The van der Waals surface area contributed by atoms with Gasteiger partial charge in [0.05, 0.1) is 0 Å². The highest BCUT2D eigenvalue weighted by Crippen LogP contribution is 1.97. The lowest BCUT2D eigenvalue weighted by molar-refractivity contribution is -0.129. The molecule has 1 unspecified atom stereocenters. The van der Waals surface area contributed by atoms with E-state index in [0.29, 0.717) is 25.9 Å². The minimum atomic E-state index is -0.968. The molecular formula is C8H18N4O2. The average molecular weight is 202 g/mol. The number of rotatable bonds is 6. The van der Waals surface area contributed by atoms with E-state index in [9.17, 15) is 9.90 Å². The third-order valence-corrected chi connectivity index (χ3v) is 1.58. The minimum Gasteiger partial charge on any atom is -0.383 e. The van der Waals surface area contributed by atoms with Crippen LogP contribution < -0.4 is 16.8 Å². The van der Waals surface area contributed by atoms with E-state index in [-0.39, 0.29) is 11.9 Å². The van der Waals surface area contributed by atoms with Crippen LogP contribution in [-0.2, 0) is 4.79 Å². The van der Waals surface area contributed by atoms with Crippen molar-refractivity contribution < 1.29 is 9.90 Å². The molecule has 6 N–H and O–H groups in total. The molecule has 0 heterocycles. The Bertz CT molecular complexity index is 202. The second kappa shape index (κ2) is 7.14. The number of aliphatic hydroxyl groups excluding tert-OH is 1. The Hall–Kier alpha value is -1.30. The number of aliphatic hydroxyl groups is 1. The number of nitrogens with zero attached hydrogens (tertiary/aromatic N) is 1. The van der Waals surface area contributed by atoms with E-state index in [4.69, 9.17) is 11.5 Å². The van der Waals surface area contributed by atoms with Crippen molar-refractivity contribution in [3.05, 3.63) is 0 Å². The van der Waals surface area contributed by atoms with Crippen molar-refractivity contribution in [2.45, 2.75) is 25.9 Å². The zero-order valence-corrected chi connectivity index (χ0v) is 8.36. The fourth-order valence-corrected chi connectivity index (χ4v) is 0.916. The summed E-state index contributed by atoms with van der Waals surface area (Å²) in [7, 11) is 0. The number of nitrogens with one attached hydrogen (secondary N) is 1. The minimum absolute atomic E-state index is 0.0255. The first-order chi connectivity index (χ1) is 6.57.